The third kappa shape index (κ3) is 5.39. The molecule has 0 aliphatic carbocycles. The summed E-state index contributed by atoms with van der Waals surface area (Å²) < 4.78 is 1.73. The van der Waals surface area contributed by atoms with Crippen molar-refractivity contribution in [1.29, 1.82) is 0 Å². The molecular weight excluding hydrogens is 537 g/mol. The maximum atomic E-state index is 13.5. The molecule has 3 aromatic carbocycles. The maximum Gasteiger partial charge on any atom is 0.255 e. The summed E-state index contributed by atoms with van der Waals surface area (Å²) in [6, 6.07) is 21.5. The number of thioether (sulfide) groups is 1. The molecule has 1 atom stereocenters. The molecule has 6 nitrogen and oxygen atoms in total. The van der Waals surface area contributed by atoms with Crippen molar-refractivity contribution < 1.29 is 4.79 Å². The van der Waals surface area contributed by atoms with E-state index in [2.05, 4.69) is 15.6 Å². The van der Waals surface area contributed by atoms with Gasteiger partial charge in [0.05, 0.1) is 5.57 Å². The zero-order valence-corrected chi connectivity index (χ0v) is 22.1. The molecular formula is C26H20Cl3N5OS. The van der Waals surface area contributed by atoms with Crippen molar-refractivity contribution >= 4 is 64.1 Å². The summed E-state index contributed by atoms with van der Waals surface area (Å²) in [7, 11) is 0. The summed E-state index contributed by atoms with van der Waals surface area (Å²) in [4.78, 5) is 18.2. The van der Waals surface area contributed by atoms with Crippen molar-refractivity contribution in [2.75, 3.05) is 10.6 Å². The number of rotatable bonds is 6. The molecule has 0 spiro atoms. The van der Waals surface area contributed by atoms with Gasteiger partial charge in [-0.05, 0) is 66.6 Å². The summed E-state index contributed by atoms with van der Waals surface area (Å²) in [6.45, 7) is 1.85. The topological polar surface area (TPSA) is 71.8 Å². The normalized spacial score (nSPS) is 14.8. The minimum atomic E-state index is -0.528. The molecule has 10 heteroatoms. The summed E-state index contributed by atoms with van der Waals surface area (Å²) in [5.41, 5.74) is 3.71. The van der Waals surface area contributed by atoms with E-state index >= 15 is 0 Å². The SMILES string of the molecule is CC1=C(C(=O)Nc2ccc(Cl)cc2)[C@H](c2cccc(Cl)c2)n2nc(SCc3cccc(Cl)c3)nc2N1. The number of hydrogen-bond acceptors (Lipinski definition) is 5. The van der Waals surface area contributed by atoms with Gasteiger partial charge in [-0.25, -0.2) is 4.68 Å². The first-order valence-corrected chi connectivity index (χ1v) is 13.1. The van der Waals surface area contributed by atoms with E-state index in [-0.39, 0.29) is 5.91 Å². The van der Waals surface area contributed by atoms with Crippen LogP contribution >= 0.6 is 46.6 Å². The van der Waals surface area contributed by atoms with Gasteiger partial charge in [-0.15, -0.1) is 5.10 Å². The van der Waals surface area contributed by atoms with Crippen LogP contribution in [0, 0.1) is 0 Å². The van der Waals surface area contributed by atoms with Gasteiger partial charge < -0.3 is 10.6 Å². The van der Waals surface area contributed by atoms with Crippen molar-refractivity contribution in [3.63, 3.8) is 0 Å². The summed E-state index contributed by atoms with van der Waals surface area (Å²) in [5.74, 6) is 0.943. The minimum Gasteiger partial charge on any atom is -0.328 e. The number of hydrogen-bond donors (Lipinski definition) is 2. The Labute approximate surface area is 227 Å². The Morgan fingerprint density at radius 3 is 2.44 bits per heavy atom. The second-order valence-electron chi connectivity index (χ2n) is 8.16. The quantitative estimate of drug-likeness (QED) is 0.241. The third-order valence-corrected chi connectivity index (χ3v) is 7.23. The van der Waals surface area contributed by atoms with Gasteiger partial charge in [0.15, 0.2) is 0 Å². The fourth-order valence-electron chi connectivity index (χ4n) is 3.98. The Balaban J connectivity index is 1.48. The maximum absolute atomic E-state index is 13.5. The average molecular weight is 557 g/mol. The van der Waals surface area contributed by atoms with Crippen LogP contribution in [0.5, 0.6) is 0 Å². The number of amides is 1. The molecule has 1 aliphatic heterocycles. The Bertz CT molecular complexity index is 1470. The molecule has 0 bridgehead atoms. The highest BCUT2D eigenvalue weighted by Crippen LogP contribution is 2.37. The second kappa shape index (κ2) is 10.6. The Hall–Kier alpha value is -2.97. The number of carbonyl (C=O) groups is 1. The standard InChI is InChI=1S/C26H20Cl3N5OS/c1-15-22(24(35)31-21-10-8-18(27)9-11-21)23(17-5-3-7-20(29)13-17)34-25(30-15)32-26(33-34)36-14-16-4-2-6-19(28)12-16/h2-13,23H,14H2,1H3,(H,31,35)(H,30,32,33)/t23-/m0/s1. The van der Waals surface area contributed by atoms with Crippen LogP contribution in [0.1, 0.15) is 24.1 Å². The average Bonchev–Trinajstić information content (AvgIpc) is 3.25. The van der Waals surface area contributed by atoms with Gasteiger partial charge in [0, 0.05) is 32.2 Å². The lowest BCUT2D eigenvalue weighted by atomic mass is 9.95. The highest BCUT2D eigenvalue weighted by Gasteiger charge is 2.34. The Morgan fingerprint density at radius 2 is 1.72 bits per heavy atom. The van der Waals surface area contributed by atoms with Crippen LogP contribution < -0.4 is 10.6 Å². The van der Waals surface area contributed by atoms with E-state index in [1.165, 1.54) is 11.8 Å². The first kappa shape index (κ1) is 24.7. The van der Waals surface area contributed by atoms with Crippen molar-refractivity contribution in [2.24, 2.45) is 0 Å². The van der Waals surface area contributed by atoms with Crippen molar-refractivity contribution in [3.8, 4) is 0 Å². The van der Waals surface area contributed by atoms with Gasteiger partial charge in [-0.1, -0.05) is 70.8 Å². The number of nitrogens with zero attached hydrogens (tertiary/aromatic N) is 3. The summed E-state index contributed by atoms with van der Waals surface area (Å²) in [6.07, 6.45) is 0. The van der Waals surface area contributed by atoms with Crippen molar-refractivity contribution in [3.05, 3.63) is 110 Å². The largest absolute Gasteiger partial charge is 0.328 e. The van der Waals surface area contributed by atoms with Crippen LogP contribution in [0.4, 0.5) is 11.6 Å². The number of fused-ring (bicyclic) bond motifs is 1. The lowest BCUT2D eigenvalue weighted by Crippen LogP contribution is -2.31. The summed E-state index contributed by atoms with van der Waals surface area (Å²) in [5, 5.41) is 13.4. The number of aromatic nitrogens is 3. The molecule has 2 N–H and O–H groups in total. The zero-order valence-electron chi connectivity index (χ0n) is 19.0. The van der Waals surface area contributed by atoms with Crippen LogP contribution in [0.3, 0.4) is 0 Å². The molecule has 2 heterocycles. The molecule has 4 aromatic rings. The fourth-order valence-corrected chi connectivity index (χ4v) is 5.29. The molecule has 1 aliphatic rings. The van der Waals surface area contributed by atoms with Crippen LogP contribution in [-0.2, 0) is 10.5 Å². The van der Waals surface area contributed by atoms with Gasteiger partial charge in [0.1, 0.15) is 6.04 Å². The number of halogens is 3. The van der Waals surface area contributed by atoms with E-state index in [0.717, 1.165) is 11.1 Å². The minimum absolute atomic E-state index is 0.262. The molecule has 182 valence electrons. The third-order valence-electron chi connectivity index (χ3n) is 5.60. The predicted molar refractivity (Wildman–Crippen MR) is 147 cm³/mol. The van der Waals surface area contributed by atoms with Crippen molar-refractivity contribution in [1.82, 2.24) is 14.8 Å². The number of allylic oxidation sites excluding steroid dienone is 1. The van der Waals surface area contributed by atoms with Gasteiger partial charge in [0.25, 0.3) is 5.91 Å². The fraction of sp³-hybridized carbons (Fsp3) is 0.115. The first-order chi connectivity index (χ1) is 17.4. The number of carbonyl (C=O) groups excluding carboxylic acids is 1. The van der Waals surface area contributed by atoms with Crippen LogP contribution in [-0.4, -0.2) is 20.7 Å². The molecule has 5 rings (SSSR count). The molecule has 36 heavy (non-hydrogen) atoms. The molecule has 0 saturated heterocycles. The molecule has 1 aromatic heterocycles. The van der Waals surface area contributed by atoms with E-state index in [4.69, 9.17) is 39.9 Å². The Morgan fingerprint density at radius 1 is 1.00 bits per heavy atom. The first-order valence-electron chi connectivity index (χ1n) is 11.0. The van der Waals surface area contributed by atoms with Crippen molar-refractivity contribution in [2.45, 2.75) is 23.9 Å². The highest BCUT2D eigenvalue weighted by molar-refractivity contribution is 7.98. The van der Waals surface area contributed by atoms with E-state index in [1.807, 2.05) is 49.4 Å². The Kier molecular flexibility index (Phi) is 7.25. The van der Waals surface area contributed by atoms with E-state index in [1.54, 1.807) is 35.0 Å². The van der Waals surface area contributed by atoms with Crippen LogP contribution in [0.25, 0.3) is 0 Å². The lowest BCUT2D eigenvalue weighted by Gasteiger charge is -2.28. The lowest BCUT2D eigenvalue weighted by molar-refractivity contribution is -0.113. The second-order valence-corrected chi connectivity index (χ2v) is 10.4. The number of benzene rings is 3. The predicted octanol–water partition coefficient (Wildman–Crippen LogP) is 7.46. The van der Waals surface area contributed by atoms with Gasteiger partial charge >= 0.3 is 0 Å². The van der Waals surface area contributed by atoms with E-state index in [9.17, 15) is 4.79 Å². The number of anilines is 2. The number of nitrogens with one attached hydrogen (secondary N) is 2. The molecule has 0 saturated carbocycles. The van der Waals surface area contributed by atoms with Gasteiger partial charge in [-0.3, -0.25) is 4.79 Å². The monoisotopic (exact) mass is 555 g/mol. The molecule has 0 fully saturated rings. The van der Waals surface area contributed by atoms with Gasteiger partial charge in [-0.2, -0.15) is 4.98 Å². The summed E-state index contributed by atoms with van der Waals surface area (Å²) >= 11 is 19.9. The molecule has 0 unspecified atom stereocenters. The van der Waals surface area contributed by atoms with E-state index < -0.39 is 6.04 Å². The molecule has 1 amide bonds. The smallest absolute Gasteiger partial charge is 0.255 e. The van der Waals surface area contributed by atoms with Crippen LogP contribution in [0.15, 0.2) is 89.2 Å². The molecule has 0 radical (unpaired) electrons. The zero-order chi connectivity index (χ0) is 25.2. The van der Waals surface area contributed by atoms with E-state index in [0.29, 0.717) is 48.9 Å². The van der Waals surface area contributed by atoms with Gasteiger partial charge in [0.2, 0.25) is 11.1 Å². The highest BCUT2D eigenvalue weighted by atomic mass is 35.5. The van der Waals surface area contributed by atoms with Crippen LogP contribution in [0.2, 0.25) is 15.1 Å².